The van der Waals surface area contributed by atoms with Gasteiger partial charge >= 0.3 is 0 Å². The second-order valence-corrected chi connectivity index (χ2v) is 6.38. The van der Waals surface area contributed by atoms with Crippen LogP contribution in [0.3, 0.4) is 0 Å². The fourth-order valence-corrected chi connectivity index (χ4v) is 2.85. The van der Waals surface area contributed by atoms with Crippen molar-refractivity contribution >= 4 is 22.4 Å². The van der Waals surface area contributed by atoms with Crippen LogP contribution in [-0.2, 0) is 11.2 Å². The number of amides is 1. The highest BCUT2D eigenvalue weighted by molar-refractivity contribution is 7.15. The van der Waals surface area contributed by atoms with Gasteiger partial charge in [0.2, 0.25) is 5.13 Å². The van der Waals surface area contributed by atoms with E-state index in [9.17, 15) is 4.79 Å². The zero-order valence-electron chi connectivity index (χ0n) is 13.5. The molecule has 1 heterocycles. The first kappa shape index (κ1) is 17.2. The number of nitrogens with one attached hydrogen (secondary N) is 1. The van der Waals surface area contributed by atoms with Crippen molar-refractivity contribution in [2.75, 3.05) is 18.5 Å². The summed E-state index contributed by atoms with van der Waals surface area (Å²) >= 11 is 1.39. The summed E-state index contributed by atoms with van der Waals surface area (Å²) in [5.74, 6) is 1.40. The van der Waals surface area contributed by atoms with E-state index < -0.39 is 0 Å². The largest absolute Gasteiger partial charge is 0.490 e. The van der Waals surface area contributed by atoms with Crippen molar-refractivity contribution in [2.24, 2.45) is 5.92 Å². The molecular formula is C16H21N3O3S. The lowest BCUT2D eigenvalue weighted by atomic mass is 10.1. The molecule has 0 aliphatic carbocycles. The van der Waals surface area contributed by atoms with Crippen molar-refractivity contribution in [1.82, 2.24) is 10.2 Å². The minimum Gasteiger partial charge on any atom is -0.490 e. The van der Waals surface area contributed by atoms with Gasteiger partial charge in [-0.15, -0.1) is 10.2 Å². The van der Waals surface area contributed by atoms with Gasteiger partial charge in [-0.3, -0.25) is 10.1 Å². The average molecular weight is 335 g/mol. The predicted octanol–water partition coefficient (Wildman–Crippen LogP) is 3.15. The van der Waals surface area contributed by atoms with Gasteiger partial charge in [-0.25, -0.2) is 0 Å². The number of benzene rings is 1. The zero-order valence-corrected chi connectivity index (χ0v) is 14.4. The topological polar surface area (TPSA) is 73.3 Å². The van der Waals surface area contributed by atoms with Crippen molar-refractivity contribution in [3.8, 4) is 11.5 Å². The third kappa shape index (κ3) is 5.52. The fourth-order valence-electron chi connectivity index (χ4n) is 1.88. The van der Waals surface area contributed by atoms with Crippen molar-refractivity contribution in [2.45, 2.75) is 27.2 Å². The summed E-state index contributed by atoms with van der Waals surface area (Å²) in [5.41, 5.74) is 0. The number of hydrogen-bond donors (Lipinski definition) is 1. The summed E-state index contributed by atoms with van der Waals surface area (Å²) in [6.07, 6.45) is 0.853. The lowest BCUT2D eigenvalue weighted by Crippen LogP contribution is -2.20. The van der Waals surface area contributed by atoms with Crippen molar-refractivity contribution < 1.29 is 14.3 Å². The number of rotatable bonds is 8. The van der Waals surface area contributed by atoms with Gasteiger partial charge in [0.25, 0.3) is 5.91 Å². The van der Waals surface area contributed by atoms with Crippen LogP contribution < -0.4 is 14.8 Å². The maximum absolute atomic E-state index is 11.9. The molecule has 1 N–H and O–H groups in total. The van der Waals surface area contributed by atoms with Crippen LogP contribution in [0.5, 0.6) is 11.5 Å². The second-order valence-electron chi connectivity index (χ2n) is 5.32. The van der Waals surface area contributed by atoms with E-state index in [0.29, 0.717) is 29.2 Å². The molecule has 124 valence electrons. The van der Waals surface area contributed by atoms with Gasteiger partial charge < -0.3 is 9.47 Å². The van der Waals surface area contributed by atoms with Crippen LogP contribution in [0.15, 0.2) is 24.3 Å². The normalized spacial score (nSPS) is 10.6. The molecule has 0 unspecified atom stereocenters. The maximum Gasteiger partial charge on any atom is 0.264 e. The Morgan fingerprint density at radius 1 is 1.22 bits per heavy atom. The van der Waals surface area contributed by atoms with Gasteiger partial charge in [-0.1, -0.05) is 37.3 Å². The van der Waals surface area contributed by atoms with E-state index in [0.717, 1.165) is 11.4 Å². The lowest BCUT2D eigenvalue weighted by Gasteiger charge is -2.10. The molecule has 1 aromatic carbocycles. The Balaban J connectivity index is 1.87. The Morgan fingerprint density at radius 3 is 2.57 bits per heavy atom. The van der Waals surface area contributed by atoms with Crippen molar-refractivity contribution in [3.63, 3.8) is 0 Å². The fraction of sp³-hybridized carbons (Fsp3) is 0.438. The highest BCUT2D eigenvalue weighted by Crippen LogP contribution is 2.26. The molecule has 0 aliphatic rings. The summed E-state index contributed by atoms with van der Waals surface area (Å²) in [5, 5.41) is 12.1. The Kier molecular flexibility index (Phi) is 6.34. The Labute approximate surface area is 139 Å². The van der Waals surface area contributed by atoms with Gasteiger partial charge in [0.1, 0.15) is 5.01 Å². The SMILES string of the molecule is CCOc1ccccc1OCC(=O)Nc1nnc(CC(C)C)s1. The minimum atomic E-state index is -0.274. The summed E-state index contributed by atoms with van der Waals surface area (Å²) in [6, 6.07) is 7.26. The molecule has 0 saturated heterocycles. The summed E-state index contributed by atoms with van der Waals surface area (Å²) in [4.78, 5) is 11.9. The smallest absolute Gasteiger partial charge is 0.264 e. The number of nitrogens with zero attached hydrogens (tertiary/aromatic N) is 2. The number of aromatic nitrogens is 2. The number of hydrogen-bond acceptors (Lipinski definition) is 6. The average Bonchev–Trinajstić information content (AvgIpc) is 2.93. The molecule has 1 aromatic heterocycles. The van der Waals surface area contributed by atoms with E-state index in [1.54, 1.807) is 12.1 Å². The number of para-hydroxylation sites is 2. The van der Waals surface area contributed by atoms with Gasteiger partial charge in [0.05, 0.1) is 6.61 Å². The third-order valence-electron chi connectivity index (χ3n) is 2.80. The van der Waals surface area contributed by atoms with Gasteiger partial charge in [0, 0.05) is 6.42 Å². The monoisotopic (exact) mass is 335 g/mol. The molecule has 6 nitrogen and oxygen atoms in total. The molecule has 23 heavy (non-hydrogen) atoms. The quantitative estimate of drug-likeness (QED) is 0.802. The van der Waals surface area contributed by atoms with Gasteiger partial charge in [-0.2, -0.15) is 0 Å². The van der Waals surface area contributed by atoms with Gasteiger partial charge in [0.15, 0.2) is 18.1 Å². The van der Waals surface area contributed by atoms with Crippen LogP contribution in [0.25, 0.3) is 0 Å². The molecular weight excluding hydrogens is 314 g/mol. The van der Waals surface area contributed by atoms with Crippen LogP contribution in [0, 0.1) is 5.92 Å². The highest BCUT2D eigenvalue weighted by Gasteiger charge is 2.11. The van der Waals surface area contributed by atoms with Crippen LogP contribution in [0.2, 0.25) is 0 Å². The summed E-state index contributed by atoms with van der Waals surface area (Å²) in [6.45, 7) is 6.56. The van der Waals surface area contributed by atoms with Crippen LogP contribution in [-0.4, -0.2) is 29.3 Å². The molecule has 0 aliphatic heterocycles. The first-order chi connectivity index (χ1) is 11.1. The van der Waals surface area contributed by atoms with E-state index in [2.05, 4.69) is 29.4 Å². The molecule has 0 saturated carbocycles. The second kappa shape index (κ2) is 8.47. The molecule has 0 bridgehead atoms. The summed E-state index contributed by atoms with van der Waals surface area (Å²) < 4.78 is 11.0. The molecule has 2 aromatic rings. The number of carbonyl (C=O) groups excluding carboxylic acids is 1. The lowest BCUT2D eigenvalue weighted by molar-refractivity contribution is -0.118. The molecule has 0 atom stereocenters. The summed E-state index contributed by atoms with van der Waals surface area (Å²) in [7, 11) is 0. The number of anilines is 1. The van der Waals surface area contributed by atoms with Gasteiger partial charge in [-0.05, 0) is 25.0 Å². The third-order valence-corrected chi connectivity index (χ3v) is 3.66. The van der Waals surface area contributed by atoms with Crippen LogP contribution in [0.1, 0.15) is 25.8 Å². The Bertz CT molecular complexity index is 643. The Morgan fingerprint density at radius 2 is 1.91 bits per heavy atom. The van der Waals surface area contributed by atoms with E-state index in [1.165, 1.54) is 11.3 Å². The van der Waals surface area contributed by atoms with E-state index in [1.807, 2.05) is 19.1 Å². The molecule has 2 rings (SSSR count). The van der Waals surface area contributed by atoms with E-state index in [4.69, 9.17) is 9.47 Å². The number of carbonyl (C=O) groups is 1. The standard InChI is InChI=1S/C16H21N3O3S/c1-4-21-12-7-5-6-8-13(12)22-10-14(20)17-16-19-18-15(23-16)9-11(2)3/h5-8,11H,4,9-10H2,1-3H3,(H,17,19,20). The Hall–Kier alpha value is -2.15. The number of ether oxygens (including phenoxy) is 2. The van der Waals surface area contributed by atoms with Crippen LogP contribution >= 0.6 is 11.3 Å². The first-order valence-electron chi connectivity index (χ1n) is 7.55. The molecule has 0 fully saturated rings. The molecule has 1 amide bonds. The predicted molar refractivity (Wildman–Crippen MR) is 90.2 cm³/mol. The zero-order chi connectivity index (χ0) is 16.7. The van der Waals surface area contributed by atoms with E-state index in [-0.39, 0.29) is 12.5 Å². The van der Waals surface area contributed by atoms with Crippen LogP contribution in [0.4, 0.5) is 5.13 Å². The maximum atomic E-state index is 11.9. The molecule has 0 spiro atoms. The minimum absolute atomic E-state index is 0.108. The first-order valence-corrected chi connectivity index (χ1v) is 8.37. The van der Waals surface area contributed by atoms with Crippen molar-refractivity contribution in [3.05, 3.63) is 29.3 Å². The highest BCUT2D eigenvalue weighted by atomic mass is 32.1. The molecule has 0 radical (unpaired) electrons. The van der Waals surface area contributed by atoms with E-state index >= 15 is 0 Å². The van der Waals surface area contributed by atoms with Crippen molar-refractivity contribution in [1.29, 1.82) is 0 Å². The molecule has 7 heteroatoms.